The Kier molecular flexibility index (Phi) is 3.75. The standard InChI is InChI=1S/C12H12BrFN2O3/c1-19-10(17)12(4-5-12)16-11(18)15-9-3-2-7(14)6-8(9)13/h2-3,6H,4-5H2,1H3,(H2,15,16,18). The summed E-state index contributed by atoms with van der Waals surface area (Å²) in [5.74, 6) is -0.869. The minimum absolute atomic E-state index is 0.411. The number of nitrogens with one attached hydrogen (secondary N) is 2. The van der Waals surface area contributed by atoms with Crippen molar-refractivity contribution in [2.45, 2.75) is 18.4 Å². The number of urea groups is 1. The van der Waals surface area contributed by atoms with Crippen LogP contribution in [-0.2, 0) is 9.53 Å². The summed E-state index contributed by atoms with van der Waals surface area (Å²) in [5.41, 5.74) is -0.495. The lowest BCUT2D eigenvalue weighted by atomic mass is 10.3. The van der Waals surface area contributed by atoms with Crippen LogP contribution in [0.15, 0.2) is 22.7 Å². The van der Waals surface area contributed by atoms with Gasteiger partial charge in [-0.15, -0.1) is 0 Å². The van der Waals surface area contributed by atoms with Crippen LogP contribution in [0.4, 0.5) is 14.9 Å². The Bertz CT molecular complexity index is 532. The van der Waals surface area contributed by atoms with Gasteiger partial charge in [-0.05, 0) is 47.0 Å². The maximum Gasteiger partial charge on any atom is 0.331 e. The molecule has 5 nitrogen and oxygen atoms in total. The fraction of sp³-hybridized carbons (Fsp3) is 0.333. The highest BCUT2D eigenvalue weighted by molar-refractivity contribution is 9.10. The van der Waals surface area contributed by atoms with Crippen LogP contribution in [0, 0.1) is 5.82 Å². The number of methoxy groups -OCH3 is 1. The molecule has 1 aromatic rings. The normalized spacial score (nSPS) is 15.5. The molecule has 0 spiro atoms. The lowest BCUT2D eigenvalue weighted by Crippen LogP contribution is -2.45. The first-order valence-electron chi connectivity index (χ1n) is 5.59. The van der Waals surface area contributed by atoms with Gasteiger partial charge >= 0.3 is 12.0 Å². The topological polar surface area (TPSA) is 67.4 Å². The summed E-state index contributed by atoms with van der Waals surface area (Å²) in [7, 11) is 1.28. The van der Waals surface area contributed by atoms with Gasteiger partial charge in [0.15, 0.2) is 0 Å². The third-order valence-corrected chi connectivity index (χ3v) is 3.51. The van der Waals surface area contributed by atoms with Crippen molar-refractivity contribution >= 4 is 33.6 Å². The molecule has 0 aromatic heterocycles. The monoisotopic (exact) mass is 330 g/mol. The highest BCUT2D eigenvalue weighted by Crippen LogP contribution is 2.36. The van der Waals surface area contributed by atoms with Crippen molar-refractivity contribution < 1.29 is 18.7 Å². The molecule has 1 aliphatic rings. The van der Waals surface area contributed by atoms with Crippen LogP contribution in [0.2, 0.25) is 0 Å². The van der Waals surface area contributed by atoms with Gasteiger partial charge in [-0.2, -0.15) is 0 Å². The van der Waals surface area contributed by atoms with Crippen LogP contribution in [0.3, 0.4) is 0 Å². The minimum Gasteiger partial charge on any atom is -0.467 e. The third-order valence-electron chi connectivity index (χ3n) is 2.86. The molecule has 0 atom stereocenters. The molecule has 2 rings (SSSR count). The number of hydrogen-bond donors (Lipinski definition) is 2. The molecule has 1 aromatic carbocycles. The fourth-order valence-electron chi connectivity index (χ4n) is 1.66. The van der Waals surface area contributed by atoms with Crippen molar-refractivity contribution in [1.82, 2.24) is 5.32 Å². The summed E-state index contributed by atoms with van der Waals surface area (Å²) in [6.07, 6.45) is 1.11. The fourth-order valence-corrected chi connectivity index (χ4v) is 2.11. The zero-order chi connectivity index (χ0) is 14.0. The van der Waals surface area contributed by atoms with E-state index >= 15 is 0 Å². The van der Waals surface area contributed by atoms with Gasteiger partial charge in [-0.1, -0.05) is 0 Å². The smallest absolute Gasteiger partial charge is 0.331 e. The highest BCUT2D eigenvalue weighted by Gasteiger charge is 2.52. The van der Waals surface area contributed by atoms with Gasteiger partial charge in [0.05, 0.1) is 12.8 Å². The molecule has 7 heteroatoms. The Morgan fingerprint density at radius 1 is 1.42 bits per heavy atom. The molecule has 0 aliphatic heterocycles. The van der Waals surface area contributed by atoms with Crippen LogP contribution >= 0.6 is 15.9 Å². The number of amides is 2. The van der Waals surface area contributed by atoms with Crippen molar-refractivity contribution in [2.75, 3.05) is 12.4 Å². The van der Waals surface area contributed by atoms with Gasteiger partial charge < -0.3 is 15.4 Å². The predicted octanol–water partition coefficient (Wildman–Crippen LogP) is 2.42. The van der Waals surface area contributed by atoms with Crippen LogP contribution in [0.5, 0.6) is 0 Å². The summed E-state index contributed by atoms with van der Waals surface area (Å²) < 4.78 is 17.9. The molecule has 2 N–H and O–H groups in total. The number of anilines is 1. The van der Waals surface area contributed by atoms with E-state index in [0.29, 0.717) is 23.0 Å². The lowest BCUT2D eigenvalue weighted by Gasteiger charge is -2.15. The largest absolute Gasteiger partial charge is 0.467 e. The average molecular weight is 331 g/mol. The second-order valence-electron chi connectivity index (χ2n) is 4.28. The van der Waals surface area contributed by atoms with Crippen LogP contribution in [0.1, 0.15) is 12.8 Å². The van der Waals surface area contributed by atoms with Crippen molar-refractivity contribution in [3.63, 3.8) is 0 Å². The lowest BCUT2D eigenvalue weighted by molar-refractivity contribution is -0.144. The third kappa shape index (κ3) is 3.04. The number of esters is 1. The van der Waals surface area contributed by atoms with E-state index in [1.54, 1.807) is 0 Å². The van der Waals surface area contributed by atoms with Gasteiger partial charge in [0.25, 0.3) is 0 Å². The van der Waals surface area contributed by atoms with Crippen molar-refractivity contribution in [3.05, 3.63) is 28.5 Å². The molecule has 0 bridgehead atoms. The van der Waals surface area contributed by atoms with Gasteiger partial charge in [-0.3, -0.25) is 0 Å². The second-order valence-corrected chi connectivity index (χ2v) is 5.13. The van der Waals surface area contributed by atoms with Crippen LogP contribution < -0.4 is 10.6 Å². The van der Waals surface area contributed by atoms with Gasteiger partial charge in [0.2, 0.25) is 0 Å². The first-order chi connectivity index (χ1) is 8.97. The molecule has 2 amide bonds. The van der Waals surface area contributed by atoms with Gasteiger partial charge in [0.1, 0.15) is 11.4 Å². The molecule has 0 saturated heterocycles. The molecule has 19 heavy (non-hydrogen) atoms. The molecule has 0 heterocycles. The second kappa shape index (κ2) is 5.16. The SMILES string of the molecule is COC(=O)C1(NC(=O)Nc2ccc(F)cc2Br)CC1. The summed E-state index contributed by atoms with van der Waals surface area (Å²) >= 11 is 3.14. The van der Waals surface area contributed by atoms with E-state index in [-0.39, 0.29) is 0 Å². The van der Waals surface area contributed by atoms with Gasteiger partial charge in [-0.25, -0.2) is 14.0 Å². The number of carbonyl (C=O) groups excluding carboxylic acids is 2. The van der Waals surface area contributed by atoms with E-state index in [4.69, 9.17) is 0 Å². The Labute approximate surface area is 117 Å². The summed E-state index contributed by atoms with van der Waals surface area (Å²) in [6, 6.07) is 3.36. The molecule has 1 saturated carbocycles. The average Bonchev–Trinajstić information content (AvgIpc) is 3.12. The Morgan fingerprint density at radius 2 is 2.11 bits per heavy atom. The summed E-state index contributed by atoms with van der Waals surface area (Å²) in [4.78, 5) is 23.3. The van der Waals surface area contributed by atoms with Crippen molar-refractivity contribution in [1.29, 1.82) is 0 Å². The quantitative estimate of drug-likeness (QED) is 0.836. The predicted molar refractivity (Wildman–Crippen MR) is 70.2 cm³/mol. The zero-order valence-corrected chi connectivity index (χ0v) is 11.7. The maximum atomic E-state index is 12.9. The first-order valence-corrected chi connectivity index (χ1v) is 6.39. The zero-order valence-electron chi connectivity index (χ0n) is 10.1. The van der Waals surface area contributed by atoms with Gasteiger partial charge in [0, 0.05) is 4.47 Å². The Balaban J connectivity index is 2.00. The van der Waals surface area contributed by atoms with Crippen molar-refractivity contribution in [3.8, 4) is 0 Å². The molecule has 0 unspecified atom stereocenters. The van der Waals surface area contributed by atoms with E-state index in [1.807, 2.05) is 0 Å². The number of carbonyl (C=O) groups is 2. The Hall–Kier alpha value is -1.63. The number of hydrogen-bond acceptors (Lipinski definition) is 3. The highest BCUT2D eigenvalue weighted by atomic mass is 79.9. The first kappa shape index (κ1) is 13.8. The number of benzene rings is 1. The minimum atomic E-state index is -0.911. The van der Waals surface area contributed by atoms with Crippen LogP contribution in [0.25, 0.3) is 0 Å². The number of ether oxygens (including phenoxy) is 1. The molecular weight excluding hydrogens is 319 g/mol. The molecule has 1 fully saturated rings. The maximum absolute atomic E-state index is 12.9. The number of halogens is 2. The van der Waals surface area contributed by atoms with Crippen LogP contribution in [-0.4, -0.2) is 24.6 Å². The van der Waals surface area contributed by atoms with E-state index in [1.165, 1.54) is 25.3 Å². The van der Waals surface area contributed by atoms with E-state index in [9.17, 15) is 14.0 Å². The van der Waals surface area contributed by atoms with E-state index in [0.717, 1.165) is 0 Å². The molecule has 1 aliphatic carbocycles. The molecule has 102 valence electrons. The van der Waals surface area contributed by atoms with Crippen molar-refractivity contribution in [2.24, 2.45) is 0 Å². The number of rotatable bonds is 3. The summed E-state index contributed by atoms with van der Waals surface area (Å²) in [5, 5.41) is 5.11. The Morgan fingerprint density at radius 3 is 2.63 bits per heavy atom. The summed E-state index contributed by atoms with van der Waals surface area (Å²) in [6.45, 7) is 0. The van der Waals surface area contributed by atoms with E-state index in [2.05, 4.69) is 31.3 Å². The molecule has 0 radical (unpaired) electrons. The van der Waals surface area contributed by atoms with E-state index < -0.39 is 23.4 Å². The molecular formula is C12H12BrFN2O3.